The number of fused-ring (bicyclic) bond motifs is 1. The largest absolute Gasteiger partial charge is 0.416 e. The topological polar surface area (TPSA) is 47.8 Å². The molecule has 180 valence electrons. The molecule has 5 aromatic rings. The van der Waals surface area contributed by atoms with Gasteiger partial charge in [-0.1, -0.05) is 30.3 Å². The number of pyridine rings is 3. The molecule has 0 radical (unpaired) electrons. The second kappa shape index (κ2) is 9.37. The van der Waals surface area contributed by atoms with Crippen molar-refractivity contribution in [1.29, 1.82) is 0 Å². The van der Waals surface area contributed by atoms with Crippen molar-refractivity contribution in [1.82, 2.24) is 14.5 Å². The summed E-state index contributed by atoms with van der Waals surface area (Å²) in [7, 11) is 0. The number of alkyl halides is 3. The Morgan fingerprint density at radius 2 is 1.67 bits per heavy atom. The zero-order valence-corrected chi connectivity index (χ0v) is 18.8. The summed E-state index contributed by atoms with van der Waals surface area (Å²) in [5.74, 6) is -0.957. The van der Waals surface area contributed by atoms with Gasteiger partial charge in [-0.2, -0.15) is 13.2 Å². The first-order chi connectivity index (χ1) is 17.3. The number of benzene rings is 2. The second-order valence-electron chi connectivity index (χ2n) is 8.44. The molecule has 0 saturated carbocycles. The Hall–Kier alpha value is -4.33. The lowest BCUT2D eigenvalue weighted by Gasteiger charge is -2.12. The Kier molecular flexibility index (Phi) is 6.10. The highest BCUT2D eigenvalue weighted by Gasteiger charge is 2.31. The van der Waals surface area contributed by atoms with Gasteiger partial charge in [0.2, 0.25) is 0 Å². The highest BCUT2D eigenvalue weighted by atomic mass is 19.4. The molecule has 0 aliphatic carbocycles. The highest BCUT2D eigenvalue weighted by Crippen LogP contribution is 2.31. The quantitative estimate of drug-likeness (QED) is 0.274. The van der Waals surface area contributed by atoms with Crippen LogP contribution in [-0.4, -0.2) is 14.5 Å². The van der Waals surface area contributed by atoms with Gasteiger partial charge in [-0.25, -0.2) is 4.39 Å². The van der Waals surface area contributed by atoms with E-state index in [2.05, 4.69) is 9.97 Å². The van der Waals surface area contributed by atoms with Crippen LogP contribution in [0.25, 0.3) is 21.9 Å². The average Bonchev–Trinajstić information content (AvgIpc) is 2.85. The van der Waals surface area contributed by atoms with E-state index in [1.807, 2.05) is 36.4 Å². The van der Waals surface area contributed by atoms with E-state index in [0.29, 0.717) is 40.2 Å². The molecular formula is C28H19F4N3O. The molecule has 0 aliphatic rings. The van der Waals surface area contributed by atoms with E-state index in [0.717, 1.165) is 17.7 Å². The molecule has 0 unspecified atom stereocenters. The van der Waals surface area contributed by atoms with Crippen molar-refractivity contribution in [3.05, 3.63) is 130 Å². The SMILES string of the molecule is O=c1c2cncc(-c3ccnc(Cc4cc(F)cc(C(F)(F)F)c4)c3)c2ccn1Cc1ccccc1. The van der Waals surface area contributed by atoms with Crippen LogP contribution in [0.5, 0.6) is 0 Å². The molecule has 0 amide bonds. The molecular weight excluding hydrogens is 470 g/mol. The zero-order chi connectivity index (χ0) is 25.3. The fourth-order valence-corrected chi connectivity index (χ4v) is 4.21. The number of hydrogen-bond donors (Lipinski definition) is 0. The summed E-state index contributed by atoms with van der Waals surface area (Å²) in [6.45, 7) is 0.423. The third kappa shape index (κ3) is 4.88. The first-order valence-electron chi connectivity index (χ1n) is 11.1. The molecule has 0 bridgehead atoms. The predicted octanol–water partition coefficient (Wildman–Crippen LogP) is 6.26. The van der Waals surface area contributed by atoms with E-state index in [1.54, 1.807) is 29.1 Å². The molecule has 0 saturated heterocycles. The molecule has 0 atom stereocenters. The summed E-state index contributed by atoms with van der Waals surface area (Å²) in [5, 5.41) is 1.14. The zero-order valence-electron chi connectivity index (χ0n) is 18.8. The van der Waals surface area contributed by atoms with Crippen LogP contribution in [0.1, 0.15) is 22.4 Å². The van der Waals surface area contributed by atoms with Gasteiger partial charge in [-0.15, -0.1) is 0 Å². The van der Waals surface area contributed by atoms with Gasteiger partial charge in [0.25, 0.3) is 5.56 Å². The molecule has 0 N–H and O–H groups in total. The van der Waals surface area contributed by atoms with E-state index in [9.17, 15) is 22.4 Å². The first-order valence-corrected chi connectivity index (χ1v) is 11.1. The molecule has 36 heavy (non-hydrogen) atoms. The number of rotatable bonds is 5. The Morgan fingerprint density at radius 3 is 2.44 bits per heavy atom. The van der Waals surface area contributed by atoms with Gasteiger partial charge < -0.3 is 4.57 Å². The van der Waals surface area contributed by atoms with Crippen molar-refractivity contribution in [2.24, 2.45) is 0 Å². The second-order valence-corrected chi connectivity index (χ2v) is 8.44. The van der Waals surface area contributed by atoms with Gasteiger partial charge in [0, 0.05) is 42.5 Å². The van der Waals surface area contributed by atoms with Gasteiger partial charge >= 0.3 is 6.18 Å². The van der Waals surface area contributed by atoms with Crippen molar-refractivity contribution in [3.63, 3.8) is 0 Å². The minimum Gasteiger partial charge on any atom is -0.311 e. The molecule has 3 heterocycles. The van der Waals surface area contributed by atoms with Crippen LogP contribution in [0.4, 0.5) is 17.6 Å². The van der Waals surface area contributed by atoms with E-state index in [-0.39, 0.29) is 17.5 Å². The van der Waals surface area contributed by atoms with Crippen LogP contribution < -0.4 is 5.56 Å². The maximum Gasteiger partial charge on any atom is 0.416 e. The summed E-state index contributed by atoms with van der Waals surface area (Å²) >= 11 is 0. The summed E-state index contributed by atoms with van der Waals surface area (Å²) in [6.07, 6.45) is 1.78. The summed E-state index contributed by atoms with van der Waals surface area (Å²) in [4.78, 5) is 21.7. The summed E-state index contributed by atoms with van der Waals surface area (Å²) < 4.78 is 54.7. The van der Waals surface area contributed by atoms with Gasteiger partial charge in [-0.3, -0.25) is 14.8 Å². The van der Waals surface area contributed by atoms with Crippen molar-refractivity contribution in [2.45, 2.75) is 19.1 Å². The van der Waals surface area contributed by atoms with Crippen molar-refractivity contribution in [3.8, 4) is 11.1 Å². The first kappa shape index (κ1) is 23.4. The smallest absolute Gasteiger partial charge is 0.311 e. The van der Waals surface area contributed by atoms with Crippen molar-refractivity contribution in [2.75, 3.05) is 0 Å². The molecule has 8 heteroatoms. The maximum atomic E-state index is 13.8. The van der Waals surface area contributed by atoms with E-state index in [4.69, 9.17) is 0 Å². The maximum absolute atomic E-state index is 13.8. The van der Waals surface area contributed by atoms with Gasteiger partial charge in [0.15, 0.2) is 0 Å². The lowest BCUT2D eigenvalue weighted by Crippen LogP contribution is -2.20. The Balaban J connectivity index is 1.50. The van der Waals surface area contributed by atoms with Gasteiger partial charge in [0.05, 0.1) is 17.5 Å². The van der Waals surface area contributed by atoms with E-state index >= 15 is 0 Å². The Labute approximate surface area is 203 Å². The lowest BCUT2D eigenvalue weighted by atomic mass is 10.00. The Morgan fingerprint density at radius 1 is 0.861 bits per heavy atom. The molecule has 0 fully saturated rings. The number of nitrogens with zero attached hydrogens (tertiary/aromatic N) is 3. The third-order valence-electron chi connectivity index (χ3n) is 5.89. The normalized spacial score (nSPS) is 11.7. The Bertz CT molecular complexity index is 1610. The average molecular weight is 489 g/mol. The third-order valence-corrected chi connectivity index (χ3v) is 5.89. The van der Waals surface area contributed by atoms with Crippen LogP contribution >= 0.6 is 0 Å². The monoisotopic (exact) mass is 489 g/mol. The van der Waals surface area contributed by atoms with E-state index in [1.165, 1.54) is 12.4 Å². The minimum atomic E-state index is -4.64. The van der Waals surface area contributed by atoms with Crippen molar-refractivity contribution >= 4 is 10.8 Å². The van der Waals surface area contributed by atoms with Gasteiger partial charge in [-0.05, 0) is 58.5 Å². The van der Waals surface area contributed by atoms with Crippen LogP contribution in [0.2, 0.25) is 0 Å². The lowest BCUT2D eigenvalue weighted by molar-refractivity contribution is -0.137. The van der Waals surface area contributed by atoms with Gasteiger partial charge in [0.1, 0.15) is 5.82 Å². The van der Waals surface area contributed by atoms with Crippen LogP contribution in [-0.2, 0) is 19.1 Å². The van der Waals surface area contributed by atoms with Crippen LogP contribution in [0.3, 0.4) is 0 Å². The summed E-state index contributed by atoms with van der Waals surface area (Å²) in [5.41, 5.74) is 1.78. The fourth-order valence-electron chi connectivity index (χ4n) is 4.21. The molecule has 2 aromatic carbocycles. The van der Waals surface area contributed by atoms with E-state index < -0.39 is 17.6 Å². The number of halogens is 4. The molecule has 0 spiro atoms. The minimum absolute atomic E-state index is 0.0107. The molecule has 0 aliphatic heterocycles. The van der Waals surface area contributed by atoms with Crippen LogP contribution in [0, 0.1) is 5.82 Å². The summed E-state index contributed by atoms with van der Waals surface area (Å²) in [6, 6.07) is 17.4. The molecule has 5 rings (SSSR count). The fraction of sp³-hybridized carbons (Fsp3) is 0.107. The van der Waals surface area contributed by atoms with Crippen molar-refractivity contribution < 1.29 is 17.6 Å². The molecule has 4 nitrogen and oxygen atoms in total. The predicted molar refractivity (Wildman–Crippen MR) is 129 cm³/mol. The van der Waals surface area contributed by atoms with Crippen LogP contribution in [0.15, 0.2) is 96.3 Å². The number of aromatic nitrogens is 3. The molecule has 3 aromatic heterocycles. The standard InChI is InChI=1S/C28H19F4N3O/c29-22-11-19(10-21(14-22)28(30,31)32)12-23-13-20(6-8-34-23)25-15-33-16-26-24(25)7-9-35(27(26)36)17-18-4-2-1-3-5-18/h1-11,13-16H,12,17H2. The highest BCUT2D eigenvalue weighted by molar-refractivity contribution is 5.95. The number of hydrogen-bond acceptors (Lipinski definition) is 3.